The molecule has 0 radical (unpaired) electrons. The lowest BCUT2D eigenvalue weighted by Gasteiger charge is -2.35. The van der Waals surface area contributed by atoms with E-state index in [9.17, 15) is 22.8 Å². The van der Waals surface area contributed by atoms with Crippen LogP contribution >= 0.6 is 15.9 Å². The van der Waals surface area contributed by atoms with Crippen molar-refractivity contribution in [2.45, 2.75) is 45.5 Å². The van der Waals surface area contributed by atoms with Gasteiger partial charge in [0.15, 0.2) is 0 Å². The van der Waals surface area contributed by atoms with Gasteiger partial charge < -0.3 is 4.90 Å². The van der Waals surface area contributed by atoms with E-state index in [-0.39, 0.29) is 28.6 Å². The molecule has 7 rings (SSSR count). The standard InChI is InChI=1S/C34H27BrF3N7O2/c1-20-14-27-30(18-42(20)32(46)23-8-13-29(35)28(16-23)34(36,37)38)45-31(24(17-40-45)15-22-6-4-3-5-7-22)43(33(27)47)25-9-11-26(12-10-25)44-21(2)39-19-41-44/h3-13,16-17,19-20H,14-15,18H2,1-2H3/t20-/m1/s1. The average molecular weight is 703 g/mol. The monoisotopic (exact) mass is 701 g/mol. The molecule has 3 aromatic heterocycles. The van der Waals surface area contributed by atoms with Gasteiger partial charge in [-0.3, -0.25) is 14.2 Å². The van der Waals surface area contributed by atoms with Gasteiger partial charge in [-0.05, 0) is 68.3 Å². The SMILES string of the molecule is Cc1ncnn1-c1ccc(-n2c(=O)c3c(n4ncc(Cc5ccccc5)c24)CN(C(=O)c2ccc(Br)c(C(F)(F)F)c2)[C@H](C)C3)cc1. The number of halogens is 4. The van der Waals surface area contributed by atoms with E-state index in [4.69, 9.17) is 5.10 Å². The Morgan fingerprint density at radius 1 is 1.00 bits per heavy atom. The normalized spacial score (nSPS) is 14.9. The Bertz CT molecular complexity index is 2210. The topological polar surface area (TPSA) is 90.3 Å². The van der Waals surface area contributed by atoms with E-state index in [2.05, 4.69) is 26.0 Å². The molecule has 4 heterocycles. The Morgan fingerprint density at radius 3 is 2.40 bits per heavy atom. The number of aromatic nitrogens is 6. The zero-order valence-electron chi connectivity index (χ0n) is 25.2. The maximum Gasteiger partial charge on any atom is 0.417 e. The second kappa shape index (κ2) is 11.6. The van der Waals surface area contributed by atoms with E-state index in [1.54, 1.807) is 26.9 Å². The van der Waals surface area contributed by atoms with Crippen molar-refractivity contribution >= 4 is 27.5 Å². The van der Waals surface area contributed by atoms with E-state index >= 15 is 0 Å². The van der Waals surface area contributed by atoms with Gasteiger partial charge in [-0.25, -0.2) is 14.2 Å². The Morgan fingerprint density at radius 2 is 1.72 bits per heavy atom. The molecule has 1 aliphatic heterocycles. The van der Waals surface area contributed by atoms with Crippen molar-refractivity contribution in [3.8, 4) is 11.4 Å². The molecule has 1 aliphatic rings. The lowest BCUT2D eigenvalue weighted by atomic mass is 9.97. The predicted octanol–water partition coefficient (Wildman–Crippen LogP) is 6.33. The van der Waals surface area contributed by atoms with Crippen LogP contribution in [0.15, 0.2) is 94.6 Å². The number of rotatable bonds is 5. The molecule has 0 N–H and O–H groups in total. The number of benzene rings is 3. The van der Waals surface area contributed by atoms with Gasteiger partial charge in [0.25, 0.3) is 11.5 Å². The van der Waals surface area contributed by atoms with Gasteiger partial charge >= 0.3 is 6.18 Å². The molecule has 238 valence electrons. The number of carbonyl (C=O) groups excluding carboxylic acids is 1. The third-order valence-electron chi connectivity index (χ3n) is 8.53. The summed E-state index contributed by atoms with van der Waals surface area (Å²) >= 11 is 2.95. The second-order valence-corrected chi connectivity index (χ2v) is 12.4. The van der Waals surface area contributed by atoms with Crippen LogP contribution in [0.1, 0.15) is 51.1 Å². The van der Waals surface area contributed by atoms with Gasteiger partial charge in [0, 0.05) is 33.6 Å². The maximum absolute atomic E-state index is 14.4. The van der Waals surface area contributed by atoms with Crippen molar-refractivity contribution in [2.75, 3.05) is 0 Å². The summed E-state index contributed by atoms with van der Waals surface area (Å²) in [6.07, 6.45) is -0.743. The van der Waals surface area contributed by atoms with E-state index < -0.39 is 23.7 Å². The fourth-order valence-electron chi connectivity index (χ4n) is 6.17. The molecule has 0 bridgehead atoms. The lowest BCUT2D eigenvalue weighted by molar-refractivity contribution is -0.138. The molecule has 1 amide bonds. The third-order valence-corrected chi connectivity index (χ3v) is 9.22. The minimum atomic E-state index is -4.64. The number of hydrogen-bond acceptors (Lipinski definition) is 5. The minimum absolute atomic E-state index is 0.00367. The van der Waals surface area contributed by atoms with Crippen LogP contribution in [0, 0.1) is 6.92 Å². The first-order valence-corrected chi connectivity index (χ1v) is 15.6. The molecule has 0 spiro atoms. The molecular weight excluding hydrogens is 675 g/mol. The largest absolute Gasteiger partial charge is 0.417 e. The highest BCUT2D eigenvalue weighted by Gasteiger charge is 2.36. The minimum Gasteiger partial charge on any atom is -0.330 e. The highest BCUT2D eigenvalue weighted by atomic mass is 79.9. The van der Waals surface area contributed by atoms with Crippen molar-refractivity contribution in [2.24, 2.45) is 0 Å². The van der Waals surface area contributed by atoms with E-state index in [1.165, 1.54) is 23.4 Å². The first kappa shape index (κ1) is 30.6. The summed E-state index contributed by atoms with van der Waals surface area (Å²) in [5.74, 6) is 0.159. The van der Waals surface area contributed by atoms with Crippen LogP contribution in [0.4, 0.5) is 13.2 Å². The summed E-state index contributed by atoms with van der Waals surface area (Å²) in [6.45, 7) is 3.63. The molecular formula is C34H27BrF3N7O2. The summed E-state index contributed by atoms with van der Waals surface area (Å²) in [6, 6.07) is 20.2. The van der Waals surface area contributed by atoms with Gasteiger partial charge in [-0.1, -0.05) is 46.3 Å². The summed E-state index contributed by atoms with van der Waals surface area (Å²) in [7, 11) is 0. The highest BCUT2D eigenvalue weighted by Crippen LogP contribution is 2.36. The highest BCUT2D eigenvalue weighted by molar-refractivity contribution is 9.10. The number of nitrogens with zero attached hydrogens (tertiary/aromatic N) is 7. The van der Waals surface area contributed by atoms with Crippen molar-refractivity contribution in [3.63, 3.8) is 0 Å². The molecule has 0 saturated carbocycles. The molecule has 13 heteroatoms. The molecule has 1 atom stereocenters. The molecule has 0 unspecified atom stereocenters. The Kier molecular flexibility index (Phi) is 7.58. The third kappa shape index (κ3) is 5.43. The van der Waals surface area contributed by atoms with Gasteiger partial charge in [-0.2, -0.15) is 23.4 Å². The van der Waals surface area contributed by atoms with Crippen LogP contribution in [0.2, 0.25) is 0 Å². The summed E-state index contributed by atoms with van der Waals surface area (Å²) in [5.41, 5.74) is 3.54. The van der Waals surface area contributed by atoms with E-state index in [0.29, 0.717) is 29.0 Å². The second-order valence-electron chi connectivity index (χ2n) is 11.5. The molecule has 47 heavy (non-hydrogen) atoms. The molecule has 3 aromatic carbocycles. The fourth-order valence-corrected chi connectivity index (χ4v) is 6.64. The van der Waals surface area contributed by atoms with Crippen molar-refractivity contribution in [1.82, 2.24) is 33.8 Å². The first-order valence-electron chi connectivity index (χ1n) is 14.8. The molecule has 0 fully saturated rings. The van der Waals surface area contributed by atoms with Crippen molar-refractivity contribution in [1.29, 1.82) is 0 Å². The van der Waals surface area contributed by atoms with Gasteiger partial charge in [0.05, 0.1) is 35.4 Å². The molecule has 9 nitrogen and oxygen atoms in total. The Hall–Kier alpha value is -5.04. The number of hydrogen-bond donors (Lipinski definition) is 0. The van der Waals surface area contributed by atoms with Crippen molar-refractivity contribution < 1.29 is 18.0 Å². The summed E-state index contributed by atoms with van der Waals surface area (Å²) < 4.78 is 45.9. The Labute approximate surface area is 275 Å². The number of aryl methyl sites for hydroxylation is 1. The average Bonchev–Trinajstić information content (AvgIpc) is 3.67. The smallest absolute Gasteiger partial charge is 0.330 e. The fraction of sp³-hybridized carbons (Fsp3) is 0.206. The van der Waals surface area contributed by atoms with E-state index in [1.807, 2.05) is 61.5 Å². The molecule has 0 aliphatic carbocycles. The zero-order chi connectivity index (χ0) is 33.0. The van der Waals surface area contributed by atoms with Crippen LogP contribution in [0.25, 0.3) is 17.0 Å². The number of carbonyl (C=O) groups is 1. The van der Waals surface area contributed by atoms with Crippen LogP contribution in [0.3, 0.4) is 0 Å². The number of amides is 1. The van der Waals surface area contributed by atoms with Crippen molar-refractivity contribution in [3.05, 3.63) is 139 Å². The number of alkyl halides is 3. The lowest BCUT2D eigenvalue weighted by Crippen LogP contribution is -2.46. The quantitative estimate of drug-likeness (QED) is 0.210. The Balaban J connectivity index is 1.36. The molecule has 6 aromatic rings. The first-order chi connectivity index (χ1) is 22.5. The van der Waals surface area contributed by atoms with Gasteiger partial charge in [-0.15, -0.1) is 0 Å². The predicted molar refractivity (Wildman–Crippen MR) is 172 cm³/mol. The van der Waals surface area contributed by atoms with Crippen LogP contribution in [0.5, 0.6) is 0 Å². The zero-order valence-corrected chi connectivity index (χ0v) is 26.8. The van der Waals surface area contributed by atoms with Crippen LogP contribution < -0.4 is 5.56 Å². The van der Waals surface area contributed by atoms with E-state index in [0.717, 1.165) is 28.7 Å². The van der Waals surface area contributed by atoms with Crippen LogP contribution in [-0.2, 0) is 25.6 Å². The molecule has 0 saturated heterocycles. The van der Waals surface area contributed by atoms with Gasteiger partial charge in [0.1, 0.15) is 17.8 Å². The number of fused-ring (bicyclic) bond motifs is 3. The summed E-state index contributed by atoms with van der Waals surface area (Å²) in [5, 5.41) is 8.99. The van der Waals surface area contributed by atoms with Crippen LogP contribution in [-0.4, -0.2) is 45.8 Å². The van der Waals surface area contributed by atoms with Gasteiger partial charge in [0.2, 0.25) is 0 Å². The maximum atomic E-state index is 14.4. The summed E-state index contributed by atoms with van der Waals surface area (Å²) in [4.78, 5) is 33.9.